The number of hydrogen-bond donors (Lipinski definition) is 1. The third-order valence-corrected chi connectivity index (χ3v) is 8.49. The molecule has 3 aromatic rings. The van der Waals surface area contributed by atoms with Crippen LogP contribution in [0.3, 0.4) is 0 Å². The first-order valence-electron chi connectivity index (χ1n) is 13.5. The van der Waals surface area contributed by atoms with E-state index in [1.165, 1.54) is 37.3 Å². The number of likely N-dealkylation sites (N-methyl/N-ethyl adjacent to an activating group) is 1. The van der Waals surface area contributed by atoms with Crippen molar-refractivity contribution in [2.75, 3.05) is 38.2 Å². The summed E-state index contributed by atoms with van der Waals surface area (Å²) in [4.78, 5) is 28.2. The monoisotopic (exact) mass is 581 g/mol. The number of methoxy groups -OCH3 is 2. The number of amides is 2. The van der Waals surface area contributed by atoms with Gasteiger partial charge in [-0.05, 0) is 75.1 Å². The van der Waals surface area contributed by atoms with E-state index in [2.05, 4.69) is 5.32 Å². The summed E-state index contributed by atoms with van der Waals surface area (Å²) in [7, 11) is -1.36. The van der Waals surface area contributed by atoms with Crippen LogP contribution in [0, 0.1) is 13.8 Å². The molecular formula is C31H39N3O6S. The van der Waals surface area contributed by atoms with Crippen molar-refractivity contribution in [2.45, 2.75) is 45.1 Å². The number of benzene rings is 3. The predicted octanol–water partition coefficient (Wildman–Crippen LogP) is 4.11. The SMILES string of the molecule is CCNC(=O)[C@@H](C)N(CCc1ccccc1)C(=O)CN(c1cc(C)cc(C)c1)S(=O)(=O)c1ccc(OC)c(OC)c1. The topological polar surface area (TPSA) is 105 Å². The zero-order chi connectivity index (χ0) is 30.2. The minimum atomic E-state index is -4.25. The molecule has 220 valence electrons. The summed E-state index contributed by atoms with van der Waals surface area (Å²) < 4.78 is 40.0. The van der Waals surface area contributed by atoms with Crippen LogP contribution in [0.4, 0.5) is 5.69 Å². The van der Waals surface area contributed by atoms with Crippen molar-refractivity contribution in [3.63, 3.8) is 0 Å². The number of carbonyl (C=O) groups is 2. The second-order valence-electron chi connectivity index (χ2n) is 9.77. The fourth-order valence-corrected chi connectivity index (χ4v) is 6.03. The average molecular weight is 582 g/mol. The number of rotatable bonds is 13. The molecule has 0 aliphatic rings. The Morgan fingerprint density at radius 1 is 0.902 bits per heavy atom. The van der Waals surface area contributed by atoms with Gasteiger partial charge in [-0.15, -0.1) is 0 Å². The minimum absolute atomic E-state index is 0.0604. The molecular weight excluding hydrogens is 542 g/mol. The Hall–Kier alpha value is -4.05. The van der Waals surface area contributed by atoms with Crippen LogP contribution in [0.15, 0.2) is 71.6 Å². The van der Waals surface area contributed by atoms with Gasteiger partial charge in [-0.3, -0.25) is 13.9 Å². The van der Waals surface area contributed by atoms with Crippen molar-refractivity contribution in [3.8, 4) is 11.5 Å². The molecule has 0 heterocycles. The molecule has 9 nitrogen and oxygen atoms in total. The van der Waals surface area contributed by atoms with E-state index < -0.39 is 28.5 Å². The number of sulfonamides is 1. The summed E-state index contributed by atoms with van der Waals surface area (Å²) in [6.07, 6.45) is 0.502. The lowest BCUT2D eigenvalue weighted by Crippen LogP contribution is -2.52. The number of hydrogen-bond acceptors (Lipinski definition) is 6. The molecule has 0 saturated heterocycles. The van der Waals surface area contributed by atoms with Crippen LogP contribution in [0.5, 0.6) is 11.5 Å². The Balaban J connectivity index is 2.06. The molecule has 0 unspecified atom stereocenters. The fraction of sp³-hybridized carbons (Fsp3) is 0.355. The molecule has 0 aliphatic heterocycles. The zero-order valence-electron chi connectivity index (χ0n) is 24.5. The number of ether oxygens (including phenoxy) is 2. The summed E-state index contributed by atoms with van der Waals surface area (Å²) in [5, 5.41) is 2.77. The highest BCUT2D eigenvalue weighted by molar-refractivity contribution is 7.92. The average Bonchev–Trinajstić information content (AvgIpc) is 2.95. The van der Waals surface area contributed by atoms with Gasteiger partial charge >= 0.3 is 0 Å². The number of nitrogens with one attached hydrogen (secondary N) is 1. The smallest absolute Gasteiger partial charge is 0.264 e. The van der Waals surface area contributed by atoms with Gasteiger partial charge in [-0.2, -0.15) is 0 Å². The largest absolute Gasteiger partial charge is 0.493 e. The van der Waals surface area contributed by atoms with Gasteiger partial charge in [0.2, 0.25) is 11.8 Å². The maximum absolute atomic E-state index is 14.1. The van der Waals surface area contributed by atoms with Gasteiger partial charge in [0.1, 0.15) is 12.6 Å². The molecule has 2 amide bonds. The van der Waals surface area contributed by atoms with Crippen molar-refractivity contribution in [3.05, 3.63) is 83.4 Å². The van der Waals surface area contributed by atoms with Crippen LogP contribution in [0.2, 0.25) is 0 Å². The summed E-state index contributed by atoms with van der Waals surface area (Å²) in [6.45, 7) is 7.32. The highest BCUT2D eigenvalue weighted by Crippen LogP contribution is 2.33. The Labute approximate surface area is 243 Å². The normalized spacial score (nSPS) is 11.9. The Bertz CT molecular complexity index is 1440. The molecule has 41 heavy (non-hydrogen) atoms. The first-order valence-corrected chi connectivity index (χ1v) is 14.9. The molecule has 1 N–H and O–H groups in total. The summed E-state index contributed by atoms with van der Waals surface area (Å²) in [6, 6.07) is 18.5. The zero-order valence-corrected chi connectivity index (χ0v) is 25.3. The van der Waals surface area contributed by atoms with E-state index >= 15 is 0 Å². The minimum Gasteiger partial charge on any atom is -0.493 e. The second kappa shape index (κ2) is 14.0. The summed E-state index contributed by atoms with van der Waals surface area (Å²) in [5.41, 5.74) is 3.03. The van der Waals surface area contributed by atoms with E-state index in [9.17, 15) is 18.0 Å². The van der Waals surface area contributed by atoms with E-state index in [1.54, 1.807) is 26.0 Å². The Morgan fingerprint density at radius 3 is 2.12 bits per heavy atom. The highest BCUT2D eigenvalue weighted by Gasteiger charge is 2.33. The van der Waals surface area contributed by atoms with Gasteiger partial charge in [0.05, 0.1) is 24.8 Å². The lowest BCUT2D eigenvalue weighted by Gasteiger charge is -2.32. The van der Waals surface area contributed by atoms with E-state index in [0.29, 0.717) is 24.4 Å². The number of aryl methyl sites for hydroxylation is 2. The summed E-state index contributed by atoms with van der Waals surface area (Å²) >= 11 is 0. The van der Waals surface area contributed by atoms with Gasteiger partial charge in [-0.1, -0.05) is 36.4 Å². The third-order valence-electron chi connectivity index (χ3n) is 6.72. The quantitative estimate of drug-likeness (QED) is 0.326. The van der Waals surface area contributed by atoms with Gasteiger partial charge in [0, 0.05) is 19.2 Å². The van der Waals surface area contributed by atoms with Gasteiger partial charge in [0.15, 0.2) is 11.5 Å². The van der Waals surface area contributed by atoms with Gasteiger partial charge < -0.3 is 19.7 Å². The fourth-order valence-electron chi connectivity index (χ4n) is 4.62. The molecule has 0 saturated carbocycles. The lowest BCUT2D eigenvalue weighted by atomic mass is 10.1. The predicted molar refractivity (Wildman–Crippen MR) is 160 cm³/mol. The molecule has 0 aliphatic carbocycles. The second-order valence-corrected chi connectivity index (χ2v) is 11.6. The first-order chi connectivity index (χ1) is 19.5. The first kappa shape index (κ1) is 31.5. The standard InChI is InChI=1S/C31H39N3O6S/c1-7-32-31(36)24(4)33(16-15-25-11-9-8-10-12-25)30(35)21-34(26-18-22(2)17-23(3)19-26)41(37,38)27-13-14-28(39-5)29(20-27)40-6/h8-14,17-20,24H,7,15-16,21H2,1-6H3,(H,32,36)/t24-/m1/s1. The number of anilines is 1. The molecule has 10 heteroatoms. The van der Waals surface area contributed by atoms with E-state index in [-0.39, 0.29) is 23.1 Å². The van der Waals surface area contributed by atoms with E-state index in [1.807, 2.05) is 50.2 Å². The Kier molecular flexibility index (Phi) is 10.8. The molecule has 1 atom stereocenters. The highest BCUT2D eigenvalue weighted by atomic mass is 32.2. The summed E-state index contributed by atoms with van der Waals surface area (Å²) in [5.74, 6) is -0.185. The molecule has 3 aromatic carbocycles. The molecule has 0 radical (unpaired) electrons. The van der Waals surface area contributed by atoms with Gasteiger partial charge in [-0.25, -0.2) is 8.42 Å². The van der Waals surface area contributed by atoms with Crippen molar-refractivity contribution >= 4 is 27.5 Å². The number of nitrogens with zero attached hydrogens (tertiary/aromatic N) is 2. The Morgan fingerprint density at radius 2 is 1.54 bits per heavy atom. The number of carbonyl (C=O) groups excluding carboxylic acids is 2. The van der Waals surface area contributed by atoms with Crippen LogP contribution in [-0.4, -0.2) is 65.0 Å². The van der Waals surface area contributed by atoms with Crippen molar-refractivity contribution in [1.82, 2.24) is 10.2 Å². The maximum atomic E-state index is 14.1. The van der Waals surface area contributed by atoms with E-state index in [4.69, 9.17) is 9.47 Å². The molecule has 3 rings (SSSR count). The lowest BCUT2D eigenvalue weighted by molar-refractivity contribution is -0.138. The molecule has 0 fully saturated rings. The molecule has 0 aromatic heterocycles. The van der Waals surface area contributed by atoms with Crippen LogP contribution in [0.1, 0.15) is 30.5 Å². The van der Waals surface area contributed by atoms with E-state index in [0.717, 1.165) is 21.0 Å². The van der Waals surface area contributed by atoms with Crippen LogP contribution in [-0.2, 0) is 26.0 Å². The molecule has 0 bridgehead atoms. The van der Waals surface area contributed by atoms with Crippen molar-refractivity contribution in [2.24, 2.45) is 0 Å². The van der Waals surface area contributed by atoms with Crippen molar-refractivity contribution < 1.29 is 27.5 Å². The molecule has 0 spiro atoms. The van der Waals surface area contributed by atoms with Crippen molar-refractivity contribution in [1.29, 1.82) is 0 Å². The van der Waals surface area contributed by atoms with Crippen LogP contribution >= 0.6 is 0 Å². The maximum Gasteiger partial charge on any atom is 0.264 e. The van der Waals surface area contributed by atoms with Crippen LogP contribution < -0.4 is 19.1 Å². The third kappa shape index (κ3) is 7.79. The van der Waals surface area contributed by atoms with Gasteiger partial charge in [0.25, 0.3) is 10.0 Å². The van der Waals surface area contributed by atoms with Crippen LogP contribution in [0.25, 0.3) is 0 Å².